The third-order valence-electron chi connectivity index (χ3n) is 4.87. The molecule has 0 aliphatic heterocycles. The molecule has 0 radical (unpaired) electrons. The van der Waals surface area contributed by atoms with Crippen molar-refractivity contribution >= 4 is 0 Å². The van der Waals surface area contributed by atoms with Crippen molar-refractivity contribution in [3.63, 3.8) is 0 Å². The van der Waals surface area contributed by atoms with E-state index in [1.54, 1.807) is 0 Å². The Bertz CT molecular complexity index is 186. The van der Waals surface area contributed by atoms with Crippen molar-refractivity contribution in [1.82, 2.24) is 5.43 Å². The fourth-order valence-electron chi connectivity index (χ4n) is 3.42. The molecule has 2 nitrogen and oxygen atoms in total. The first-order valence-electron chi connectivity index (χ1n) is 8.27. The van der Waals surface area contributed by atoms with E-state index >= 15 is 0 Å². The van der Waals surface area contributed by atoms with Gasteiger partial charge in [-0.3, -0.25) is 11.3 Å². The molecule has 1 aliphatic carbocycles. The fourth-order valence-corrected chi connectivity index (χ4v) is 3.42. The van der Waals surface area contributed by atoms with Crippen LogP contribution in [0.15, 0.2) is 0 Å². The van der Waals surface area contributed by atoms with Crippen molar-refractivity contribution in [3.8, 4) is 0 Å². The number of hydrogen-bond donors (Lipinski definition) is 2. The van der Waals surface area contributed by atoms with Crippen molar-refractivity contribution < 1.29 is 0 Å². The number of rotatable bonds is 9. The van der Waals surface area contributed by atoms with Gasteiger partial charge in [0, 0.05) is 6.04 Å². The summed E-state index contributed by atoms with van der Waals surface area (Å²) in [6.07, 6.45) is 15.1. The van der Waals surface area contributed by atoms with E-state index in [1.807, 2.05) is 0 Å². The molecule has 1 rings (SSSR count). The summed E-state index contributed by atoms with van der Waals surface area (Å²) in [4.78, 5) is 0. The van der Waals surface area contributed by atoms with E-state index in [-0.39, 0.29) is 0 Å². The van der Waals surface area contributed by atoms with Crippen LogP contribution in [-0.2, 0) is 0 Å². The van der Waals surface area contributed by atoms with Crippen molar-refractivity contribution in [2.24, 2.45) is 17.7 Å². The average molecular weight is 254 g/mol. The van der Waals surface area contributed by atoms with Gasteiger partial charge in [0.25, 0.3) is 0 Å². The van der Waals surface area contributed by atoms with E-state index in [4.69, 9.17) is 5.84 Å². The maximum absolute atomic E-state index is 5.76. The van der Waals surface area contributed by atoms with Crippen LogP contribution in [0.2, 0.25) is 0 Å². The number of nitrogens with two attached hydrogens (primary N) is 1. The molecule has 1 fully saturated rings. The standard InChI is InChI=1S/C16H34N2/c1-3-5-6-7-8-9-16(18-17)15-12-10-14(4-2)11-13-15/h14-16,18H,3-13,17H2,1-2H3. The van der Waals surface area contributed by atoms with Gasteiger partial charge in [0.15, 0.2) is 0 Å². The fraction of sp³-hybridized carbons (Fsp3) is 1.00. The Morgan fingerprint density at radius 1 is 1.00 bits per heavy atom. The van der Waals surface area contributed by atoms with Crippen LogP contribution in [0.25, 0.3) is 0 Å². The first-order valence-corrected chi connectivity index (χ1v) is 8.27. The summed E-state index contributed by atoms with van der Waals surface area (Å²) in [6.45, 7) is 4.60. The predicted octanol–water partition coefficient (Wildman–Crippen LogP) is 4.40. The third kappa shape index (κ3) is 5.71. The summed E-state index contributed by atoms with van der Waals surface area (Å²) in [5.41, 5.74) is 3.10. The number of unbranched alkanes of at least 4 members (excludes halogenated alkanes) is 4. The van der Waals surface area contributed by atoms with Crippen molar-refractivity contribution in [1.29, 1.82) is 0 Å². The molecule has 0 amide bonds. The maximum Gasteiger partial charge on any atom is 0.0238 e. The second-order valence-electron chi connectivity index (χ2n) is 6.17. The molecule has 1 unspecified atom stereocenters. The van der Waals surface area contributed by atoms with Gasteiger partial charge in [0.2, 0.25) is 0 Å². The van der Waals surface area contributed by atoms with Crippen molar-refractivity contribution in [3.05, 3.63) is 0 Å². The summed E-state index contributed by atoms with van der Waals surface area (Å²) >= 11 is 0. The summed E-state index contributed by atoms with van der Waals surface area (Å²) < 4.78 is 0. The lowest BCUT2D eigenvalue weighted by atomic mass is 9.76. The zero-order valence-corrected chi connectivity index (χ0v) is 12.6. The van der Waals surface area contributed by atoms with E-state index in [2.05, 4.69) is 19.3 Å². The Kier molecular flexibility index (Phi) is 8.70. The minimum Gasteiger partial charge on any atom is -0.271 e. The lowest BCUT2D eigenvalue weighted by Crippen LogP contribution is -2.42. The second-order valence-corrected chi connectivity index (χ2v) is 6.17. The van der Waals surface area contributed by atoms with E-state index < -0.39 is 0 Å². The molecule has 1 saturated carbocycles. The Morgan fingerprint density at radius 3 is 2.22 bits per heavy atom. The molecule has 3 N–H and O–H groups in total. The van der Waals surface area contributed by atoms with Gasteiger partial charge >= 0.3 is 0 Å². The number of nitrogens with one attached hydrogen (secondary N) is 1. The van der Waals surface area contributed by atoms with Crippen LogP contribution in [0.4, 0.5) is 0 Å². The summed E-state index contributed by atoms with van der Waals surface area (Å²) in [7, 11) is 0. The van der Waals surface area contributed by atoms with Gasteiger partial charge < -0.3 is 0 Å². The van der Waals surface area contributed by atoms with E-state index in [9.17, 15) is 0 Å². The SMILES string of the molecule is CCCCCCCC(NN)C1CCC(CC)CC1. The third-order valence-corrected chi connectivity index (χ3v) is 4.87. The molecule has 18 heavy (non-hydrogen) atoms. The van der Waals surface area contributed by atoms with Gasteiger partial charge in [-0.2, -0.15) is 0 Å². The molecule has 0 bridgehead atoms. The van der Waals surface area contributed by atoms with Gasteiger partial charge in [0.1, 0.15) is 0 Å². The van der Waals surface area contributed by atoms with Crippen LogP contribution in [0.3, 0.4) is 0 Å². The van der Waals surface area contributed by atoms with Crippen LogP contribution in [0.1, 0.15) is 84.5 Å². The summed E-state index contributed by atoms with van der Waals surface area (Å²) in [6, 6.07) is 0.574. The minimum atomic E-state index is 0.574. The Morgan fingerprint density at radius 2 is 1.67 bits per heavy atom. The lowest BCUT2D eigenvalue weighted by Gasteiger charge is -2.33. The number of hydrazine groups is 1. The number of hydrogen-bond acceptors (Lipinski definition) is 2. The van der Waals surface area contributed by atoms with Crippen molar-refractivity contribution in [2.45, 2.75) is 90.5 Å². The molecule has 1 atom stereocenters. The van der Waals surface area contributed by atoms with Gasteiger partial charge in [-0.1, -0.05) is 65.2 Å². The molecule has 0 aromatic rings. The molecule has 0 saturated heterocycles. The first kappa shape index (κ1) is 16.0. The zero-order valence-electron chi connectivity index (χ0n) is 12.6. The summed E-state index contributed by atoms with van der Waals surface area (Å²) in [5, 5.41) is 0. The van der Waals surface area contributed by atoms with E-state index in [0.29, 0.717) is 6.04 Å². The molecule has 0 aromatic carbocycles. The second kappa shape index (κ2) is 9.80. The minimum absolute atomic E-state index is 0.574. The Hall–Kier alpha value is -0.0800. The van der Waals surface area contributed by atoms with Gasteiger partial charge in [0.05, 0.1) is 0 Å². The van der Waals surface area contributed by atoms with Gasteiger partial charge in [-0.15, -0.1) is 0 Å². The summed E-state index contributed by atoms with van der Waals surface area (Å²) in [5.74, 6) is 7.59. The highest BCUT2D eigenvalue weighted by Crippen LogP contribution is 2.33. The van der Waals surface area contributed by atoms with Crippen LogP contribution in [-0.4, -0.2) is 6.04 Å². The first-order chi connectivity index (χ1) is 8.81. The molecule has 0 aromatic heterocycles. The topological polar surface area (TPSA) is 38.0 Å². The molecule has 0 heterocycles. The van der Waals surface area contributed by atoms with Crippen LogP contribution >= 0.6 is 0 Å². The van der Waals surface area contributed by atoms with E-state index in [0.717, 1.165) is 11.8 Å². The molecular weight excluding hydrogens is 220 g/mol. The Labute approximate surface area is 114 Å². The molecular formula is C16H34N2. The van der Waals surface area contributed by atoms with Crippen LogP contribution in [0.5, 0.6) is 0 Å². The normalized spacial score (nSPS) is 26.2. The molecule has 2 heteroatoms. The highest BCUT2D eigenvalue weighted by molar-refractivity contribution is 4.80. The van der Waals surface area contributed by atoms with E-state index in [1.165, 1.54) is 70.6 Å². The average Bonchev–Trinajstić information content (AvgIpc) is 2.43. The quantitative estimate of drug-likeness (QED) is 0.364. The monoisotopic (exact) mass is 254 g/mol. The smallest absolute Gasteiger partial charge is 0.0238 e. The lowest BCUT2D eigenvalue weighted by molar-refractivity contribution is 0.209. The van der Waals surface area contributed by atoms with Gasteiger partial charge in [-0.05, 0) is 31.1 Å². The van der Waals surface area contributed by atoms with Crippen LogP contribution in [0, 0.1) is 11.8 Å². The predicted molar refractivity (Wildman–Crippen MR) is 80.2 cm³/mol. The zero-order chi connectivity index (χ0) is 13.2. The van der Waals surface area contributed by atoms with Crippen molar-refractivity contribution in [2.75, 3.05) is 0 Å². The Balaban J connectivity index is 2.16. The highest BCUT2D eigenvalue weighted by Gasteiger charge is 2.25. The van der Waals surface area contributed by atoms with Crippen LogP contribution < -0.4 is 11.3 Å². The molecule has 0 spiro atoms. The highest BCUT2D eigenvalue weighted by atomic mass is 15.2. The molecule has 1 aliphatic rings. The largest absolute Gasteiger partial charge is 0.271 e. The maximum atomic E-state index is 5.76. The molecule has 108 valence electrons. The van der Waals surface area contributed by atoms with Gasteiger partial charge in [-0.25, -0.2) is 0 Å².